The van der Waals surface area contributed by atoms with Gasteiger partial charge < -0.3 is 10.0 Å². The predicted molar refractivity (Wildman–Crippen MR) is 79.2 cm³/mol. The Kier molecular flexibility index (Phi) is 4.33. The molecular weight excluding hydrogens is 268 g/mol. The molecule has 1 atom stereocenters. The van der Waals surface area contributed by atoms with E-state index in [2.05, 4.69) is 16.0 Å². The third kappa shape index (κ3) is 3.08. The van der Waals surface area contributed by atoms with Crippen molar-refractivity contribution >= 4 is 22.7 Å². The zero-order chi connectivity index (χ0) is 15.4. The first-order valence-electron chi connectivity index (χ1n) is 6.69. The molecule has 0 aliphatic heterocycles. The second kappa shape index (κ2) is 6.18. The van der Waals surface area contributed by atoms with Crippen molar-refractivity contribution in [3.8, 4) is 6.07 Å². The van der Waals surface area contributed by atoms with Crippen LogP contribution in [0.2, 0.25) is 0 Å². The maximum Gasteiger partial charge on any atom is 0.335 e. The lowest BCUT2D eigenvalue weighted by atomic mass is 10.1. The molecule has 108 valence electrons. The summed E-state index contributed by atoms with van der Waals surface area (Å²) in [5.74, 6) is -0.377. The highest BCUT2D eigenvalue weighted by molar-refractivity contribution is 5.96. The standard InChI is InChI=1S/C15H16N4O2/c1-3-19(8-10(2)7-16)14-12-5-4-11(15(20)21)6-13(12)17-9-18-14/h4-6,9-10H,3,8H2,1-2H3,(H,20,21). The van der Waals surface area contributed by atoms with Crippen LogP contribution in [-0.2, 0) is 0 Å². The molecule has 21 heavy (non-hydrogen) atoms. The second-order valence-corrected chi connectivity index (χ2v) is 4.80. The number of hydrogen-bond acceptors (Lipinski definition) is 5. The van der Waals surface area contributed by atoms with Crippen LogP contribution in [-0.4, -0.2) is 34.1 Å². The molecule has 1 aromatic heterocycles. The maximum atomic E-state index is 11.0. The van der Waals surface area contributed by atoms with Crippen LogP contribution in [0.25, 0.3) is 10.9 Å². The first-order valence-corrected chi connectivity index (χ1v) is 6.69. The van der Waals surface area contributed by atoms with Gasteiger partial charge in [-0.15, -0.1) is 0 Å². The number of carboxylic acids is 1. The molecule has 0 saturated carbocycles. The minimum absolute atomic E-state index is 0.117. The fourth-order valence-corrected chi connectivity index (χ4v) is 2.16. The van der Waals surface area contributed by atoms with Gasteiger partial charge in [0.1, 0.15) is 12.1 Å². The Bertz CT molecular complexity index is 708. The van der Waals surface area contributed by atoms with E-state index >= 15 is 0 Å². The molecule has 2 rings (SSSR count). The number of carboxylic acid groups (broad SMARTS) is 1. The molecule has 1 heterocycles. The van der Waals surface area contributed by atoms with E-state index in [1.807, 2.05) is 18.7 Å². The minimum atomic E-state index is -0.984. The summed E-state index contributed by atoms with van der Waals surface area (Å²) in [4.78, 5) is 21.4. The number of carbonyl (C=O) groups is 1. The van der Waals surface area contributed by atoms with Crippen LogP contribution in [0.15, 0.2) is 24.5 Å². The van der Waals surface area contributed by atoms with Crippen molar-refractivity contribution in [1.82, 2.24) is 9.97 Å². The third-order valence-electron chi connectivity index (χ3n) is 3.26. The molecule has 6 heteroatoms. The number of nitriles is 1. The predicted octanol–water partition coefficient (Wildman–Crippen LogP) is 2.31. The van der Waals surface area contributed by atoms with E-state index in [9.17, 15) is 4.79 Å². The molecule has 2 aromatic rings. The SMILES string of the molecule is CCN(CC(C)C#N)c1ncnc2cc(C(=O)O)ccc12. The van der Waals surface area contributed by atoms with Crippen LogP contribution >= 0.6 is 0 Å². The van der Waals surface area contributed by atoms with E-state index in [-0.39, 0.29) is 11.5 Å². The van der Waals surface area contributed by atoms with E-state index in [0.29, 0.717) is 18.6 Å². The number of benzene rings is 1. The van der Waals surface area contributed by atoms with Crippen LogP contribution in [0, 0.1) is 17.2 Å². The van der Waals surface area contributed by atoms with Crippen LogP contribution < -0.4 is 4.90 Å². The molecule has 0 bridgehead atoms. The van der Waals surface area contributed by atoms with Gasteiger partial charge in [0.15, 0.2) is 0 Å². The zero-order valence-corrected chi connectivity index (χ0v) is 11.9. The molecule has 1 unspecified atom stereocenters. The van der Waals surface area contributed by atoms with E-state index in [4.69, 9.17) is 10.4 Å². The van der Waals surface area contributed by atoms with E-state index in [1.54, 1.807) is 12.1 Å². The summed E-state index contributed by atoms with van der Waals surface area (Å²) in [6, 6.07) is 7.00. The number of nitrogens with zero attached hydrogens (tertiary/aromatic N) is 4. The smallest absolute Gasteiger partial charge is 0.335 e. The van der Waals surface area contributed by atoms with Crippen LogP contribution in [0.3, 0.4) is 0 Å². The Morgan fingerprint density at radius 2 is 2.24 bits per heavy atom. The highest BCUT2D eigenvalue weighted by Crippen LogP contribution is 2.24. The summed E-state index contributed by atoms with van der Waals surface area (Å²) >= 11 is 0. The Hall–Kier alpha value is -2.68. The fraction of sp³-hybridized carbons (Fsp3) is 0.333. The number of hydrogen-bond donors (Lipinski definition) is 1. The Morgan fingerprint density at radius 3 is 2.86 bits per heavy atom. The van der Waals surface area contributed by atoms with Gasteiger partial charge in [-0.3, -0.25) is 0 Å². The monoisotopic (exact) mass is 284 g/mol. The lowest BCUT2D eigenvalue weighted by Gasteiger charge is -2.24. The molecule has 0 aliphatic rings. The van der Waals surface area contributed by atoms with Gasteiger partial charge in [0, 0.05) is 18.5 Å². The molecular formula is C15H16N4O2. The van der Waals surface area contributed by atoms with Crippen molar-refractivity contribution in [3.63, 3.8) is 0 Å². The zero-order valence-electron chi connectivity index (χ0n) is 11.9. The lowest BCUT2D eigenvalue weighted by Crippen LogP contribution is -2.28. The topological polar surface area (TPSA) is 90.1 Å². The average molecular weight is 284 g/mol. The van der Waals surface area contributed by atoms with Crippen molar-refractivity contribution in [3.05, 3.63) is 30.1 Å². The summed E-state index contributed by atoms with van der Waals surface area (Å²) in [6.07, 6.45) is 1.42. The van der Waals surface area contributed by atoms with Crippen LogP contribution in [0.5, 0.6) is 0 Å². The van der Waals surface area contributed by atoms with Crippen molar-refractivity contribution in [2.45, 2.75) is 13.8 Å². The highest BCUT2D eigenvalue weighted by Gasteiger charge is 2.15. The van der Waals surface area contributed by atoms with Crippen molar-refractivity contribution in [1.29, 1.82) is 5.26 Å². The van der Waals surface area contributed by atoms with Crippen LogP contribution in [0.1, 0.15) is 24.2 Å². The molecule has 6 nitrogen and oxygen atoms in total. The van der Waals surface area contributed by atoms with Gasteiger partial charge in [0.2, 0.25) is 0 Å². The van der Waals surface area contributed by atoms with Gasteiger partial charge in [0.25, 0.3) is 0 Å². The molecule has 0 aliphatic carbocycles. The first-order chi connectivity index (χ1) is 10.1. The Labute approximate surface area is 122 Å². The van der Waals surface area contributed by atoms with Gasteiger partial charge in [-0.25, -0.2) is 14.8 Å². The molecule has 0 radical (unpaired) electrons. The average Bonchev–Trinajstić information content (AvgIpc) is 2.51. The molecule has 1 aromatic carbocycles. The summed E-state index contributed by atoms with van der Waals surface area (Å²) in [7, 11) is 0. The number of anilines is 1. The number of aromatic nitrogens is 2. The summed E-state index contributed by atoms with van der Waals surface area (Å²) in [5.41, 5.74) is 0.781. The van der Waals surface area contributed by atoms with Crippen molar-refractivity contribution in [2.24, 2.45) is 5.92 Å². The van der Waals surface area contributed by atoms with E-state index in [1.165, 1.54) is 12.4 Å². The summed E-state index contributed by atoms with van der Waals surface area (Å²) in [5, 5.41) is 18.8. The first kappa shape index (κ1) is 14.7. The quantitative estimate of drug-likeness (QED) is 0.906. The number of aromatic carboxylic acids is 1. The summed E-state index contributed by atoms with van der Waals surface area (Å²) < 4.78 is 0. The Balaban J connectivity index is 2.48. The number of rotatable bonds is 5. The molecule has 0 amide bonds. The maximum absolute atomic E-state index is 11.0. The van der Waals surface area contributed by atoms with Gasteiger partial charge in [0.05, 0.1) is 23.1 Å². The van der Waals surface area contributed by atoms with E-state index in [0.717, 1.165) is 11.2 Å². The van der Waals surface area contributed by atoms with Gasteiger partial charge >= 0.3 is 5.97 Å². The van der Waals surface area contributed by atoms with Gasteiger partial charge in [-0.1, -0.05) is 0 Å². The molecule has 0 fully saturated rings. The normalized spacial score (nSPS) is 11.9. The third-order valence-corrected chi connectivity index (χ3v) is 3.26. The van der Waals surface area contributed by atoms with Gasteiger partial charge in [-0.05, 0) is 32.0 Å². The molecule has 1 N–H and O–H groups in total. The second-order valence-electron chi connectivity index (χ2n) is 4.80. The molecule has 0 spiro atoms. The lowest BCUT2D eigenvalue weighted by molar-refractivity contribution is 0.0697. The number of fused-ring (bicyclic) bond motifs is 1. The highest BCUT2D eigenvalue weighted by atomic mass is 16.4. The minimum Gasteiger partial charge on any atom is -0.478 e. The summed E-state index contributed by atoms with van der Waals surface area (Å²) in [6.45, 7) is 5.12. The largest absolute Gasteiger partial charge is 0.478 e. The van der Waals surface area contributed by atoms with Crippen LogP contribution in [0.4, 0.5) is 5.82 Å². The van der Waals surface area contributed by atoms with Crippen molar-refractivity contribution < 1.29 is 9.90 Å². The van der Waals surface area contributed by atoms with Gasteiger partial charge in [-0.2, -0.15) is 5.26 Å². The van der Waals surface area contributed by atoms with Crippen molar-refractivity contribution in [2.75, 3.05) is 18.0 Å². The fourth-order valence-electron chi connectivity index (χ4n) is 2.16. The van der Waals surface area contributed by atoms with E-state index < -0.39 is 5.97 Å². The Morgan fingerprint density at radius 1 is 1.48 bits per heavy atom. The molecule has 0 saturated heterocycles.